The maximum absolute atomic E-state index is 12.7. The smallest absolute Gasteiger partial charge is 0.183 e. The summed E-state index contributed by atoms with van der Waals surface area (Å²) < 4.78 is 6.55. The van der Waals surface area contributed by atoms with Gasteiger partial charge in [-0.1, -0.05) is 18.1 Å². The van der Waals surface area contributed by atoms with Gasteiger partial charge in [-0.3, -0.25) is 9.59 Å². The number of rotatable bonds is 3. The van der Waals surface area contributed by atoms with E-state index < -0.39 is 8.32 Å². The summed E-state index contributed by atoms with van der Waals surface area (Å²) in [6.45, 7) is 12.1. The molecule has 150 valence electrons. The first-order valence-electron chi connectivity index (χ1n) is 10.9. The lowest BCUT2D eigenvalue weighted by Gasteiger charge is -2.58. The van der Waals surface area contributed by atoms with Crippen LogP contribution in [0.1, 0.15) is 65.2 Å². The van der Waals surface area contributed by atoms with Crippen LogP contribution >= 0.6 is 0 Å². The molecule has 4 aliphatic rings. The van der Waals surface area contributed by atoms with Gasteiger partial charge in [0.2, 0.25) is 0 Å². The Morgan fingerprint density at radius 1 is 1.07 bits per heavy atom. The normalized spacial score (nSPS) is 42.0. The largest absolute Gasteiger partial charge is 0.417 e. The fraction of sp³-hybridized carbons (Fsp3) is 0.826. The Balaban J connectivity index is 1.75. The quantitative estimate of drug-likeness (QED) is 0.486. The van der Waals surface area contributed by atoms with Crippen molar-refractivity contribution in [3.8, 4) is 0 Å². The van der Waals surface area contributed by atoms with Gasteiger partial charge in [-0.25, -0.2) is 0 Å². The molecule has 4 rings (SSSR count). The molecule has 0 aliphatic heterocycles. The average molecular weight is 389 g/mol. The van der Waals surface area contributed by atoms with E-state index in [1.807, 2.05) is 0 Å². The summed E-state index contributed by atoms with van der Waals surface area (Å²) in [7, 11) is -1.63. The minimum absolute atomic E-state index is 0.0498. The van der Waals surface area contributed by atoms with E-state index >= 15 is 0 Å². The Morgan fingerprint density at radius 3 is 2.52 bits per heavy atom. The van der Waals surface area contributed by atoms with E-state index in [-0.39, 0.29) is 10.8 Å². The molecule has 0 aromatic carbocycles. The van der Waals surface area contributed by atoms with Gasteiger partial charge in [-0.2, -0.15) is 0 Å². The molecule has 0 N–H and O–H groups in total. The molecule has 0 heterocycles. The van der Waals surface area contributed by atoms with Crippen LogP contribution in [0.15, 0.2) is 11.1 Å². The lowest BCUT2D eigenvalue weighted by molar-refractivity contribution is -0.133. The Labute approximate surface area is 165 Å². The number of hydrogen-bond donors (Lipinski definition) is 0. The molecule has 3 nitrogen and oxygen atoms in total. The van der Waals surface area contributed by atoms with Crippen molar-refractivity contribution >= 4 is 19.9 Å². The van der Waals surface area contributed by atoms with E-state index in [0.717, 1.165) is 45.1 Å². The highest BCUT2D eigenvalue weighted by Crippen LogP contribution is 2.65. The summed E-state index contributed by atoms with van der Waals surface area (Å²) in [5, 5.41) is 0. The first-order chi connectivity index (χ1) is 12.6. The third-order valence-electron chi connectivity index (χ3n) is 8.50. The van der Waals surface area contributed by atoms with E-state index in [1.165, 1.54) is 11.1 Å². The van der Waals surface area contributed by atoms with Crippen molar-refractivity contribution in [3.05, 3.63) is 11.1 Å². The van der Waals surface area contributed by atoms with Crippen molar-refractivity contribution in [2.75, 3.05) is 6.61 Å². The Hall–Kier alpha value is -0.743. The molecule has 0 saturated heterocycles. The van der Waals surface area contributed by atoms with E-state index in [2.05, 4.69) is 33.5 Å². The molecular weight excluding hydrogens is 352 g/mol. The summed E-state index contributed by atoms with van der Waals surface area (Å²) in [5.41, 5.74) is 2.82. The van der Waals surface area contributed by atoms with Crippen LogP contribution in [0.4, 0.5) is 0 Å². The van der Waals surface area contributed by atoms with Crippen LogP contribution in [0.3, 0.4) is 0 Å². The molecular formula is C23H36O3Si. The van der Waals surface area contributed by atoms with Crippen LogP contribution in [0.5, 0.6) is 0 Å². The summed E-state index contributed by atoms with van der Waals surface area (Å²) in [5.74, 6) is 2.62. The van der Waals surface area contributed by atoms with E-state index in [1.54, 1.807) is 0 Å². The standard InChI is InChI=1S/C23H36O3Si/c1-15-12-17-18-6-7-21(25)22(18,2)10-9-19(17)23(14-26-27(3,4)5)11-8-16(24)13-20(15)23/h17-19H,6-14H2,1-5H3/t17-,18-,19+,22-,23-/m0/s1. The van der Waals surface area contributed by atoms with Gasteiger partial charge in [0.25, 0.3) is 0 Å². The molecule has 3 fully saturated rings. The third-order valence-corrected chi connectivity index (χ3v) is 9.51. The van der Waals surface area contributed by atoms with E-state index in [4.69, 9.17) is 4.43 Å². The topological polar surface area (TPSA) is 43.4 Å². The molecule has 0 radical (unpaired) electrons. The zero-order chi connectivity index (χ0) is 19.6. The van der Waals surface area contributed by atoms with Crippen LogP contribution in [0, 0.1) is 28.6 Å². The minimum atomic E-state index is -1.63. The molecule has 3 saturated carbocycles. The van der Waals surface area contributed by atoms with E-state index in [0.29, 0.717) is 42.2 Å². The number of hydrogen-bond acceptors (Lipinski definition) is 3. The molecule has 5 atom stereocenters. The van der Waals surface area contributed by atoms with Crippen molar-refractivity contribution in [2.24, 2.45) is 28.6 Å². The van der Waals surface area contributed by atoms with Crippen LogP contribution in [-0.4, -0.2) is 26.5 Å². The van der Waals surface area contributed by atoms with Crippen LogP contribution < -0.4 is 0 Å². The third kappa shape index (κ3) is 3.02. The van der Waals surface area contributed by atoms with Gasteiger partial charge < -0.3 is 4.43 Å². The molecule has 0 aromatic rings. The van der Waals surface area contributed by atoms with Gasteiger partial charge in [0, 0.05) is 36.7 Å². The van der Waals surface area contributed by atoms with Crippen molar-refractivity contribution in [1.82, 2.24) is 0 Å². The van der Waals surface area contributed by atoms with Crippen molar-refractivity contribution in [3.63, 3.8) is 0 Å². The number of carbonyl (C=O) groups is 2. The highest BCUT2D eigenvalue weighted by molar-refractivity contribution is 6.69. The van der Waals surface area contributed by atoms with Gasteiger partial charge in [0.1, 0.15) is 11.6 Å². The van der Waals surface area contributed by atoms with Crippen LogP contribution in [-0.2, 0) is 14.0 Å². The first kappa shape index (κ1) is 19.6. The van der Waals surface area contributed by atoms with Gasteiger partial charge in [-0.15, -0.1) is 0 Å². The van der Waals surface area contributed by atoms with Gasteiger partial charge in [-0.05, 0) is 76.4 Å². The Bertz CT molecular complexity index is 703. The number of allylic oxidation sites excluding steroid dienone is 1. The van der Waals surface area contributed by atoms with Gasteiger partial charge in [0.15, 0.2) is 8.32 Å². The van der Waals surface area contributed by atoms with Crippen molar-refractivity contribution in [2.45, 2.75) is 84.9 Å². The van der Waals surface area contributed by atoms with E-state index in [9.17, 15) is 9.59 Å². The highest BCUT2D eigenvalue weighted by atomic mass is 28.4. The summed E-state index contributed by atoms with van der Waals surface area (Å²) >= 11 is 0. The number of fused-ring (bicyclic) bond motifs is 5. The second-order valence-electron chi connectivity index (χ2n) is 11.0. The number of Topliss-reactive ketones (excluding diaryl/α,β-unsaturated/α-hetero) is 2. The lowest BCUT2D eigenvalue weighted by atomic mass is 9.46. The molecule has 0 spiro atoms. The maximum Gasteiger partial charge on any atom is 0.183 e. The van der Waals surface area contributed by atoms with Gasteiger partial charge in [0.05, 0.1) is 0 Å². The average Bonchev–Trinajstić information content (AvgIpc) is 2.89. The zero-order valence-corrected chi connectivity index (χ0v) is 18.8. The zero-order valence-electron chi connectivity index (χ0n) is 17.8. The summed E-state index contributed by atoms with van der Waals surface area (Å²) in [6.07, 6.45) is 7.41. The lowest BCUT2D eigenvalue weighted by Crippen LogP contribution is -2.54. The van der Waals surface area contributed by atoms with Gasteiger partial charge >= 0.3 is 0 Å². The number of ketones is 2. The van der Waals surface area contributed by atoms with Crippen molar-refractivity contribution < 1.29 is 14.0 Å². The predicted molar refractivity (Wildman–Crippen MR) is 110 cm³/mol. The Morgan fingerprint density at radius 2 is 1.81 bits per heavy atom. The van der Waals surface area contributed by atoms with Crippen LogP contribution in [0.2, 0.25) is 19.6 Å². The summed E-state index contributed by atoms with van der Waals surface area (Å²) in [6, 6.07) is 0. The molecule has 0 bridgehead atoms. The molecule has 4 aliphatic carbocycles. The maximum atomic E-state index is 12.7. The molecule has 0 aromatic heterocycles. The first-order valence-corrected chi connectivity index (χ1v) is 14.4. The molecule has 0 amide bonds. The highest BCUT2D eigenvalue weighted by Gasteiger charge is 2.60. The number of carbonyl (C=O) groups excluding carboxylic acids is 2. The summed E-state index contributed by atoms with van der Waals surface area (Å²) in [4.78, 5) is 25.0. The predicted octanol–water partition coefficient (Wildman–Crippen LogP) is 5.31. The van der Waals surface area contributed by atoms with Crippen molar-refractivity contribution in [1.29, 1.82) is 0 Å². The SMILES string of the molecule is CC1=C2CC(=O)CC[C@]2(CO[Si](C)(C)C)[C@@H]2CC[C@]3(C)C(=O)CC[C@H]3[C@@H]2C1. The molecule has 27 heavy (non-hydrogen) atoms. The second-order valence-corrected chi connectivity index (χ2v) is 15.5. The minimum Gasteiger partial charge on any atom is -0.417 e. The Kier molecular flexibility index (Phi) is 4.63. The molecule has 0 unspecified atom stereocenters. The second kappa shape index (κ2) is 6.38. The fourth-order valence-corrected chi connectivity index (χ4v) is 7.77. The molecule has 4 heteroatoms. The monoisotopic (exact) mass is 388 g/mol. The fourth-order valence-electron chi connectivity index (χ4n) is 7.08. The van der Waals surface area contributed by atoms with Crippen LogP contribution in [0.25, 0.3) is 0 Å².